The Morgan fingerprint density at radius 1 is 1.39 bits per heavy atom. The van der Waals surface area contributed by atoms with Crippen molar-refractivity contribution in [2.75, 3.05) is 19.7 Å². The molecule has 0 spiro atoms. The van der Waals surface area contributed by atoms with E-state index in [4.69, 9.17) is 5.11 Å². The summed E-state index contributed by atoms with van der Waals surface area (Å²) >= 11 is 0. The van der Waals surface area contributed by atoms with Crippen LogP contribution in [0.4, 0.5) is 0 Å². The van der Waals surface area contributed by atoms with Gasteiger partial charge in [0.05, 0.1) is 13.2 Å². The lowest BCUT2D eigenvalue weighted by molar-refractivity contribution is 0.0747. The zero-order valence-electron chi connectivity index (χ0n) is 10.9. The summed E-state index contributed by atoms with van der Waals surface area (Å²) in [7, 11) is 0. The first-order valence-corrected chi connectivity index (χ1v) is 6.66. The van der Waals surface area contributed by atoms with Crippen LogP contribution in [0.15, 0.2) is 24.3 Å². The summed E-state index contributed by atoms with van der Waals surface area (Å²) < 4.78 is 0. The fourth-order valence-corrected chi connectivity index (χ4v) is 2.43. The van der Waals surface area contributed by atoms with Crippen molar-refractivity contribution in [3.63, 3.8) is 0 Å². The molecule has 1 aliphatic rings. The summed E-state index contributed by atoms with van der Waals surface area (Å²) in [5.41, 5.74) is 1.83. The largest absolute Gasteiger partial charge is 0.395 e. The maximum absolute atomic E-state index is 12.3. The molecule has 1 N–H and O–H groups in total. The fraction of sp³-hybridized carbons (Fsp3) is 0.533. The van der Waals surface area contributed by atoms with Gasteiger partial charge in [0.25, 0.3) is 0 Å². The number of carbonyl (C=O) groups excluding carboxylic acids is 1. The van der Waals surface area contributed by atoms with Crippen molar-refractivity contribution in [2.45, 2.75) is 32.2 Å². The van der Waals surface area contributed by atoms with Crippen molar-refractivity contribution < 1.29 is 9.90 Å². The fourth-order valence-electron chi connectivity index (χ4n) is 2.43. The highest BCUT2D eigenvalue weighted by atomic mass is 16.3. The number of nitrogens with zero attached hydrogens (tertiary/aromatic N) is 1. The van der Waals surface area contributed by atoms with Gasteiger partial charge in [0.1, 0.15) is 0 Å². The minimum Gasteiger partial charge on any atom is -0.395 e. The van der Waals surface area contributed by atoms with Crippen LogP contribution in [0.25, 0.3) is 0 Å². The van der Waals surface area contributed by atoms with Crippen LogP contribution in [0.5, 0.6) is 0 Å². The molecule has 0 bridgehead atoms. The SMILES string of the molecule is Cc1ccccc1C(=O)CN(CCO)C1CCC1. The van der Waals surface area contributed by atoms with Gasteiger partial charge in [-0.2, -0.15) is 0 Å². The number of benzene rings is 1. The summed E-state index contributed by atoms with van der Waals surface area (Å²) in [5.74, 6) is 0.161. The maximum Gasteiger partial charge on any atom is 0.177 e. The Morgan fingerprint density at radius 3 is 2.67 bits per heavy atom. The van der Waals surface area contributed by atoms with Crippen molar-refractivity contribution >= 4 is 5.78 Å². The van der Waals surface area contributed by atoms with Crippen LogP contribution >= 0.6 is 0 Å². The van der Waals surface area contributed by atoms with Crippen LogP contribution < -0.4 is 0 Å². The number of Topliss-reactive ketones (excluding diaryl/α,β-unsaturated/α-hetero) is 1. The molecule has 3 heteroatoms. The number of aryl methyl sites for hydroxylation is 1. The first-order chi connectivity index (χ1) is 8.72. The third kappa shape index (κ3) is 2.98. The zero-order chi connectivity index (χ0) is 13.0. The van der Waals surface area contributed by atoms with E-state index in [1.807, 2.05) is 31.2 Å². The van der Waals surface area contributed by atoms with Crippen LogP contribution in [0, 0.1) is 6.92 Å². The second-order valence-electron chi connectivity index (χ2n) is 5.02. The quantitative estimate of drug-likeness (QED) is 0.782. The standard InChI is InChI=1S/C15H21NO2/c1-12-5-2-3-8-14(12)15(18)11-16(9-10-17)13-6-4-7-13/h2-3,5,8,13,17H,4,6-7,9-11H2,1H3. The number of rotatable bonds is 6. The van der Waals surface area contributed by atoms with E-state index >= 15 is 0 Å². The number of hydrogen-bond acceptors (Lipinski definition) is 3. The van der Waals surface area contributed by atoms with Crippen LogP contribution in [-0.2, 0) is 0 Å². The Morgan fingerprint density at radius 2 is 2.11 bits per heavy atom. The third-order valence-electron chi connectivity index (χ3n) is 3.77. The van der Waals surface area contributed by atoms with E-state index in [2.05, 4.69) is 4.90 Å². The Kier molecular flexibility index (Phi) is 4.50. The molecule has 0 atom stereocenters. The zero-order valence-corrected chi connectivity index (χ0v) is 10.9. The number of hydrogen-bond donors (Lipinski definition) is 1. The third-order valence-corrected chi connectivity index (χ3v) is 3.77. The lowest BCUT2D eigenvalue weighted by atomic mass is 9.91. The Hall–Kier alpha value is -1.19. The number of aliphatic hydroxyl groups is 1. The van der Waals surface area contributed by atoms with Crippen molar-refractivity contribution in [3.05, 3.63) is 35.4 Å². The topological polar surface area (TPSA) is 40.5 Å². The maximum atomic E-state index is 12.3. The second-order valence-corrected chi connectivity index (χ2v) is 5.02. The summed E-state index contributed by atoms with van der Waals surface area (Å²) in [6.45, 7) is 3.11. The highest BCUT2D eigenvalue weighted by Crippen LogP contribution is 2.24. The molecule has 1 fully saturated rings. The molecule has 0 saturated heterocycles. The molecule has 0 aliphatic heterocycles. The molecular formula is C15H21NO2. The van der Waals surface area contributed by atoms with E-state index in [9.17, 15) is 4.79 Å². The van der Waals surface area contributed by atoms with Crippen molar-refractivity contribution in [2.24, 2.45) is 0 Å². The molecule has 98 valence electrons. The molecule has 1 saturated carbocycles. The molecular weight excluding hydrogens is 226 g/mol. The van der Waals surface area contributed by atoms with Gasteiger partial charge >= 0.3 is 0 Å². The summed E-state index contributed by atoms with van der Waals surface area (Å²) in [5, 5.41) is 9.09. The number of aliphatic hydroxyl groups excluding tert-OH is 1. The predicted molar refractivity (Wildman–Crippen MR) is 71.8 cm³/mol. The van der Waals surface area contributed by atoms with Crippen LogP contribution in [-0.4, -0.2) is 41.5 Å². The molecule has 1 aromatic rings. The first kappa shape index (κ1) is 13.2. The lowest BCUT2D eigenvalue weighted by Gasteiger charge is -2.36. The van der Waals surface area contributed by atoms with Crippen LogP contribution in [0.2, 0.25) is 0 Å². The Labute approximate surface area is 108 Å². The van der Waals surface area contributed by atoms with E-state index in [0.717, 1.165) is 24.0 Å². The number of ketones is 1. The minimum absolute atomic E-state index is 0.123. The van der Waals surface area contributed by atoms with Gasteiger partial charge in [0.15, 0.2) is 5.78 Å². The smallest absolute Gasteiger partial charge is 0.177 e. The lowest BCUT2D eigenvalue weighted by Crippen LogP contribution is -2.44. The molecule has 0 heterocycles. The van der Waals surface area contributed by atoms with Crippen LogP contribution in [0.1, 0.15) is 35.2 Å². The van der Waals surface area contributed by atoms with Crippen molar-refractivity contribution in [1.29, 1.82) is 0 Å². The van der Waals surface area contributed by atoms with Gasteiger partial charge in [0.2, 0.25) is 0 Å². The van der Waals surface area contributed by atoms with Crippen LogP contribution in [0.3, 0.4) is 0 Å². The van der Waals surface area contributed by atoms with Gasteiger partial charge in [-0.05, 0) is 25.3 Å². The average molecular weight is 247 g/mol. The molecule has 0 radical (unpaired) electrons. The highest BCUT2D eigenvalue weighted by Gasteiger charge is 2.26. The van der Waals surface area contributed by atoms with Gasteiger partial charge in [-0.25, -0.2) is 0 Å². The van der Waals surface area contributed by atoms with Gasteiger partial charge in [-0.3, -0.25) is 9.69 Å². The highest BCUT2D eigenvalue weighted by molar-refractivity contribution is 5.98. The summed E-state index contributed by atoms with van der Waals surface area (Å²) in [4.78, 5) is 14.4. The molecule has 0 aromatic heterocycles. The van der Waals surface area contributed by atoms with Gasteiger partial charge in [-0.15, -0.1) is 0 Å². The normalized spacial score (nSPS) is 15.7. The second kappa shape index (κ2) is 6.12. The molecule has 18 heavy (non-hydrogen) atoms. The van der Waals surface area contributed by atoms with Crippen molar-refractivity contribution in [1.82, 2.24) is 4.90 Å². The molecule has 0 amide bonds. The molecule has 3 nitrogen and oxygen atoms in total. The first-order valence-electron chi connectivity index (χ1n) is 6.66. The minimum atomic E-state index is 0.123. The van der Waals surface area contributed by atoms with E-state index < -0.39 is 0 Å². The van der Waals surface area contributed by atoms with E-state index in [-0.39, 0.29) is 12.4 Å². The number of carbonyl (C=O) groups is 1. The van der Waals surface area contributed by atoms with Gasteiger partial charge < -0.3 is 5.11 Å². The van der Waals surface area contributed by atoms with Gasteiger partial charge in [0, 0.05) is 18.2 Å². The molecule has 1 aliphatic carbocycles. The molecule has 2 rings (SSSR count). The molecule has 1 aromatic carbocycles. The summed E-state index contributed by atoms with van der Waals surface area (Å²) in [6, 6.07) is 8.19. The molecule has 0 unspecified atom stereocenters. The van der Waals surface area contributed by atoms with Gasteiger partial charge in [-0.1, -0.05) is 30.7 Å². The monoisotopic (exact) mass is 247 g/mol. The predicted octanol–water partition coefficient (Wildman–Crippen LogP) is 2.02. The Balaban J connectivity index is 2.02. The summed E-state index contributed by atoms with van der Waals surface area (Å²) in [6.07, 6.45) is 3.55. The van der Waals surface area contributed by atoms with E-state index in [0.29, 0.717) is 19.1 Å². The van der Waals surface area contributed by atoms with E-state index in [1.54, 1.807) is 0 Å². The van der Waals surface area contributed by atoms with E-state index in [1.165, 1.54) is 6.42 Å². The van der Waals surface area contributed by atoms with Crippen molar-refractivity contribution in [3.8, 4) is 0 Å². The average Bonchev–Trinajstić information content (AvgIpc) is 2.27. The Bertz CT molecular complexity index is 413.